The maximum absolute atomic E-state index is 12.5. The number of hydrogen-bond donors (Lipinski definition) is 1. The van der Waals surface area contributed by atoms with Crippen LogP contribution in [0.25, 0.3) is 11.3 Å². The van der Waals surface area contributed by atoms with Crippen molar-refractivity contribution in [3.63, 3.8) is 0 Å². The Hall–Kier alpha value is -3.15. The minimum Gasteiger partial charge on any atom is -0.496 e. The molecule has 0 aliphatic rings. The molecule has 2 heterocycles. The number of benzene rings is 1. The van der Waals surface area contributed by atoms with Crippen molar-refractivity contribution in [3.05, 3.63) is 60.6 Å². The molecule has 2 aromatic heterocycles. The zero-order valence-corrected chi connectivity index (χ0v) is 13.6. The fourth-order valence-corrected chi connectivity index (χ4v) is 2.38. The van der Waals surface area contributed by atoms with E-state index in [2.05, 4.69) is 15.4 Å². The lowest BCUT2D eigenvalue weighted by Crippen LogP contribution is -2.11. The smallest absolute Gasteiger partial charge is 0.255 e. The fraction of sp³-hybridized carbons (Fsp3) is 0.167. The van der Waals surface area contributed by atoms with E-state index in [1.165, 1.54) is 0 Å². The lowest BCUT2D eigenvalue weighted by atomic mass is 10.1. The molecule has 3 aromatic rings. The molecular weight excluding hydrogens is 304 g/mol. The van der Waals surface area contributed by atoms with Gasteiger partial charge in [0.2, 0.25) is 0 Å². The number of rotatable bonds is 5. The van der Waals surface area contributed by atoms with Crippen LogP contribution >= 0.6 is 0 Å². The first kappa shape index (κ1) is 15.7. The Kier molecular flexibility index (Phi) is 4.56. The lowest BCUT2D eigenvalue weighted by molar-refractivity contribution is 0.102. The first-order valence-corrected chi connectivity index (χ1v) is 7.64. The molecule has 0 saturated heterocycles. The number of carbonyl (C=O) groups is 1. The quantitative estimate of drug-likeness (QED) is 0.783. The molecular formula is C18H18N4O2. The van der Waals surface area contributed by atoms with E-state index in [9.17, 15) is 4.79 Å². The van der Waals surface area contributed by atoms with E-state index in [1.807, 2.05) is 25.1 Å². The minimum atomic E-state index is -0.203. The number of nitrogens with zero attached hydrogens (tertiary/aromatic N) is 3. The van der Waals surface area contributed by atoms with Crippen molar-refractivity contribution in [2.24, 2.45) is 0 Å². The van der Waals surface area contributed by atoms with Crippen molar-refractivity contribution in [3.8, 4) is 17.0 Å². The van der Waals surface area contributed by atoms with Crippen LogP contribution in [-0.4, -0.2) is 27.8 Å². The highest BCUT2D eigenvalue weighted by molar-refractivity contribution is 6.05. The minimum absolute atomic E-state index is 0.203. The highest BCUT2D eigenvalue weighted by Gasteiger charge is 2.13. The number of ether oxygens (including phenoxy) is 1. The molecule has 0 unspecified atom stereocenters. The third-order valence-corrected chi connectivity index (χ3v) is 3.62. The Morgan fingerprint density at radius 1 is 1.29 bits per heavy atom. The van der Waals surface area contributed by atoms with Gasteiger partial charge in [-0.3, -0.25) is 14.5 Å². The molecule has 1 aromatic carbocycles. The number of amides is 1. The van der Waals surface area contributed by atoms with Gasteiger partial charge < -0.3 is 10.1 Å². The Labute approximate surface area is 140 Å². The van der Waals surface area contributed by atoms with Crippen LogP contribution in [0, 0.1) is 0 Å². The second-order valence-electron chi connectivity index (χ2n) is 5.17. The van der Waals surface area contributed by atoms with E-state index in [1.54, 1.807) is 48.6 Å². The van der Waals surface area contributed by atoms with Crippen LogP contribution in [0.15, 0.2) is 55.0 Å². The Balaban J connectivity index is 1.89. The summed E-state index contributed by atoms with van der Waals surface area (Å²) >= 11 is 0. The summed E-state index contributed by atoms with van der Waals surface area (Å²) in [6, 6.07) is 10.9. The summed E-state index contributed by atoms with van der Waals surface area (Å²) in [5, 5.41) is 6.99. The molecule has 6 heteroatoms. The number of pyridine rings is 1. The molecule has 24 heavy (non-hydrogen) atoms. The third kappa shape index (κ3) is 3.27. The third-order valence-electron chi connectivity index (χ3n) is 3.62. The van der Waals surface area contributed by atoms with Crippen molar-refractivity contribution in [2.45, 2.75) is 13.5 Å². The number of carbonyl (C=O) groups excluding carboxylic acids is 1. The Morgan fingerprint density at radius 3 is 2.83 bits per heavy atom. The molecule has 0 aliphatic carbocycles. The molecule has 0 atom stereocenters. The molecule has 0 aliphatic heterocycles. The predicted octanol–water partition coefficient (Wildman–Crippen LogP) is 3.23. The van der Waals surface area contributed by atoms with Gasteiger partial charge in [-0.25, -0.2) is 0 Å². The monoisotopic (exact) mass is 322 g/mol. The predicted molar refractivity (Wildman–Crippen MR) is 92.1 cm³/mol. The van der Waals surface area contributed by atoms with Crippen LogP contribution in [0.5, 0.6) is 5.75 Å². The van der Waals surface area contributed by atoms with Crippen LogP contribution in [0.3, 0.4) is 0 Å². The average Bonchev–Trinajstić information content (AvgIpc) is 3.09. The number of hydrogen-bond acceptors (Lipinski definition) is 4. The zero-order chi connectivity index (χ0) is 16.9. The summed E-state index contributed by atoms with van der Waals surface area (Å²) in [5.41, 5.74) is 2.72. The molecule has 0 radical (unpaired) electrons. The van der Waals surface area contributed by atoms with E-state index in [-0.39, 0.29) is 5.91 Å². The SMILES string of the molecule is CCn1cc(NC(=O)c2ccc(OC)c(-c3ccccn3)c2)cn1. The van der Waals surface area contributed by atoms with E-state index in [0.717, 1.165) is 17.8 Å². The maximum Gasteiger partial charge on any atom is 0.255 e. The normalized spacial score (nSPS) is 10.4. The van der Waals surface area contributed by atoms with Crippen molar-refractivity contribution in [1.29, 1.82) is 0 Å². The van der Waals surface area contributed by atoms with Crippen molar-refractivity contribution in [2.75, 3.05) is 12.4 Å². The van der Waals surface area contributed by atoms with Gasteiger partial charge in [0.1, 0.15) is 5.75 Å². The van der Waals surface area contributed by atoms with Gasteiger partial charge in [0.25, 0.3) is 5.91 Å². The van der Waals surface area contributed by atoms with Crippen LogP contribution < -0.4 is 10.1 Å². The zero-order valence-electron chi connectivity index (χ0n) is 13.6. The van der Waals surface area contributed by atoms with Gasteiger partial charge in [0, 0.05) is 30.1 Å². The van der Waals surface area contributed by atoms with E-state index < -0.39 is 0 Å². The molecule has 6 nitrogen and oxygen atoms in total. The van der Waals surface area contributed by atoms with Gasteiger partial charge in [-0.05, 0) is 37.3 Å². The number of aromatic nitrogens is 3. The summed E-state index contributed by atoms with van der Waals surface area (Å²) in [6.07, 6.45) is 5.13. The number of aryl methyl sites for hydroxylation is 1. The topological polar surface area (TPSA) is 69.0 Å². The lowest BCUT2D eigenvalue weighted by Gasteiger charge is -2.10. The summed E-state index contributed by atoms with van der Waals surface area (Å²) < 4.78 is 7.14. The molecule has 0 spiro atoms. The Bertz CT molecular complexity index is 843. The fourth-order valence-electron chi connectivity index (χ4n) is 2.38. The van der Waals surface area contributed by atoms with Gasteiger partial charge >= 0.3 is 0 Å². The van der Waals surface area contributed by atoms with Crippen LogP contribution in [0.2, 0.25) is 0 Å². The first-order chi connectivity index (χ1) is 11.7. The standard InChI is InChI=1S/C18H18N4O2/c1-3-22-12-14(11-20-22)21-18(23)13-7-8-17(24-2)15(10-13)16-6-4-5-9-19-16/h4-12H,3H2,1-2H3,(H,21,23). The second kappa shape index (κ2) is 6.95. The highest BCUT2D eigenvalue weighted by Crippen LogP contribution is 2.29. The molecule has 122 valence electrons. The summed E-state index contributed by atoms with van der Waals surface area (Å²) in [6.45, 7) is 2.74. The number of anilines is 1. The second-order valence-corrected chi connectivity index (χ2v) is 5.17. The number of nitrogens with one attached hydrogen (secondary N) is 1. The molecule has 3 rings (SSSR count). The van der Waals surface area contributed by atoms with E-state index in [0.29, 0.717) is 17.0 Å². The summed E-state index contributed by atoms with van der Waals surface area (Å²) in [4.78, 5) is 16.8. The molecule has 0 saturated carbocycles. The van der Waals surface area contributed by atoms with E-state index in [4.69, 9.17) is 4.74 Å². The van der Waals surface area contributed by atoms with Gasteiger partial charge in [0.15, 0.2) is 0 Å². The van der Waals surface area contributed by atoms with Crippen molar-refractivity contribution in [1.82, 2.24) is 14.8 Å². The van der Waals surface area contributed by atoms with Crippen LogP contribution in [-0.2, 0) is 6.54 Å². The van der Waals surface area contributed by atoms with Gasteiger partial charge in [-0.15, -0.1) is 0 Å². The van der Waals surface area contributed by atoms with Crippen molar-refractivity contribution >= 4 is 11.6 Å². The van der Waals surface area contributed by atoms with Gasteiger partial charge in [-0.2, -0.15) is 5.10 Å². The summed E-state index contributed by atoms with van der Waals surface area (Å²) in [7, 11) is 1.60. The molecule has 0 bridgehead atoms. The highest BCUT2D eigenvalue weighted by atomic mass is 16.5. The van der Waals surface area contributed by atoms with Crippen molar-refractivity contribution < 1.29 is 9.53 Å². The largest absolute Gasteiger partial charge is 0.496 e. The van der Waals surface area contributed by atoms with Gasteiger partial charge in [0.05, 0.1) is 24.7 Å². The molecule has 1 amide bonds. The molecule has 0 fully saturated rings. The molecule has 1 N–H and O–H groups in total. The maximum atomic E-state index is 12.5. The average molecular weight is 322 g/mol. The summed E-state index contributed by atoms with van der Waals surface area (Å²) in [5.74, 6) is 0.467. The Morgan fingerprint density at radius 2 is 2.17 bits per heavy atom. The number of methoxy groups -OCH3 is 1. The van der Waals surface area contributed by atoms with Crippen LogP contribution in [0.4, 0.5) is 5.69 Å². The van der Waals surface area contributed by atoms with E-state index >= 15 is 0 Å². The van der Waals surface area contributed by atoms with Crippen LogP contribution in [0.1, 0.15) is 17.3 Å². The van der Waals surface area contributed by atoms with Gasteiger partial charge in [-0.1, -0.05) is 6.07 Å². The first-order valence-electron chi connectivity index (χ1n) is 7.64.